The maximum Gasteiger partial charge on any atom is 0.293 e. The predicted molar refractivity (Wildman–Crippen MR) is 113 cm³/mol. The van der Waals surface area contributed by atoms with Crippen molar-refractivity contribution in [3.8, 4) is 5.69 Å². The number of para-hydroxylation sites is 1. The molecule has 2 aromatic rings. The standard InChI is InChI=1S/C20H26ClN5O.ClH/c1-14(2)18-23-17(24-26(18)16-6-4-3-5-15(16)21)19(27)25-11-8-20(9-12-25)7-10-22-13-20;/h3-6,14,22H,7-13H2,1-2H3;1H. The Morgan fingerprint density at radius 1 is 1.21 bits per heavy atom. The number of hydrogen-bond acceptors (Lipinski definition) is 4. The summed E-state index contributed by atoms with van der Waals surface area (Å²) in [5, 5.41) is 8.60. The van der Waals surface area contributed by atoms with Gasteiger partial charge in [0.25, 0.3) is 5.91 Å². The van der Waals surface area contributed by atoms with Crippen molar-refractivity contribution in [2.45, 2.75) is 39.0 Å². The zero-order valence-corrected chi connectivity index (χ0v) is 17.9. The van der Waals surface area contributed by atoms with Crippen molar-refractivity contribution >= 4 is 29.9 Å². The smallest absolute Gasteiger partial charge is 0.293 e. The van der Waals surface area contributed by atoms with Gasteiger partial charge >= 0.3 is 0 Å². The molecule has 152 valence electrons. The minimum absolute atomic E-state index is 0. The molecule has 8 heteroatoms. The number of carbonyl (C=O) groups is 1. The minimum atomic E-state index is -0.0801. The summed E-state index contributed by atoms with van der Waals surface area (Å²) in [6, 6.07) is 7.51. The van der Waals surface area contributed by atoms with Crippen molar-refractivity contribution in [1.82, 2.24) is 25.0 Å². The van der Waals surface area contributed by atoms with E-state index >= 15 is 0 Å². The molecule has 0 saturated carbocycles. The van der Waals surface area contributed by atoms with Gasteiger partial charge in [-0.25, -0.2) is 9.67 Å². The van der Waals surface area contributed by atoms with Gasteiger partial charge in [0, 0.05) is 25.6 Å². The minimum Gasteiger partial charge on any atom is -0.336 e. The normalized spacial score (nSPS) is 18.5. The molecule has 3 heterocycles. The molecular formula is C20H27Cl2N5O. The lowest BCUT2D eigenvalue weighted by atomic mass is 9.78. The summed E-state index contributed by atoms with van der Waals surface area (Å²) in [5.41, 5.74) is 1.13. The molecule has 1 spiro atoms. The van der Waals surface area contributed by atoms with Crippen LogP contribution in [0.4, 0.5) is 0 Å². The van der Waals surface area contributed by atoms with E-state index in [1.807, 2.05) is 43.0 Å². The third kappa shape index (κ3) is 3.91. The number of aromatic nitrogens is 3. The van der Waals surface area contributed by atoms with E-state index in [2.05, 4.69) is 15.4 Å². The number of carbonyl (C=O) groups excluding carboxylic acids is 1. The zero-order valence-electron chi connectivity index (χ0n) is 16.3. The van der Waals surface area contributed by atoms with Gasteiger partial charge in [-0.15, -0.1) is 17.5 Å². The van der Waals surface area contributed by atoms with Gasteiger partial charge in [0.1, 0.15) is 5.82 Å². The first-order valence-electron chi connectivity index (χ1n) is 9.71. The van der Waals surface area contributed by atoms with E-state index in [0.717, 1.165) is 50.5 Å². The highest BCUT2D eigenvalue weighted by Crippen LogP contribution is 2.37. The molecular weight excluding hydrogens is 397 g/mol. The molecule has 2 saturated heterocycles. The van der Waals surface area contributed by atoms with Crippen molar-refractivity contribution in [2.75, 3.05) is 26.2 Å². The number of benzene rings is 1. The van der Waals surface area contributed by atoms with Crippen LogP contribution in [-0.2, 0) is 0 Å². The molecule has 0 radical (unpaired) electrons. The number of hydrogen-bond donors (Lipinski definition) is 1. The molecule has 1 aromatic carbocycles. The fourth-order valence-corrected chi connectivity index (χ4v) is 4.35. The van der Waals surface area contributed by atoms with E-state index in [4.69, 9.17) is 11.6 Å². The largest absolute Gasteiger partial charge is 0.336 e. The number of likely N-dealkylation sites (tertiary alicyclic amines) is 1. The third-order valence-electron chi connectivity index (χ3n) is 5.86. The lowest BCUT2D eigenvalue weighted by Gasteiger charge is -2.38. The van der Waals surface area contributed by atoms with Gasteiger partial charge in [-0.05, 0) is 43.4 Å². The molecule has 2 fully saturated rings. The first-order chi connectivity index (χ1) is 13.0. The van der Waals surface area contributed by atoms with Gasteiger partial charge in [-0.3, -0.25) is 4.79 Å². The highest BCUT2D eigenvalue weighted by atomic mass is 35.5. The zero-order chi connectivity index (χ0) is 19.0. The molecule has 0 unspecified atom stereocenters. The Morgan fingerprint density at radius 3 is 2.54 bits per heavy atom. The van der Waals surface area contributed by atoms with E-state index in [1.165, 1.54) is 6.42 Å². The van der Waals surface area contributed by atoms with Crippen LogP contribution < -0.4 is 5.32 Å². The highest BCUT2D eigenvalue weighted by Gasteiger charge is 2.39. The van der Waals surface area contributed by atoms with Crippen LogP contribution in [-0.4, -0.2) is 51.8 Å². The van der Waals surface area contributed by atoms with E-state index in [-0.39, 0.29) is 30.1 Å². The molecule has 0 aliphatic carbocycles. The Bertz CT molecular complexity index is 835. The monoisotopic (exact) mass is 423 g/mol. The third-order valence-corrected chi connectivity index (χ3v) is 6.18. The molecule has 0 bridgehead atoms. The van der Waals surface area contributed by atoms with Gasteiger partial charge in [-0.1, -0.05) is 37.6 Å². The lowest BCUT2D eigenvalue weighted by molar-refractivity contribution is 0.0596. The second-order valence-electron chi connectivity index (χ2n) is 8.03. The molecule has 2 aliphatic rings. The molecule has 1 amide bonds. The average Bonchev–Trinajstić information content (AvgIpc) is 3.30. The summed E-state index contributed by atoms with van der Waals surface area (Å²) in [6.45, 7) is 7.81. The van der Waals surface area contributed by atoms with Crippen LogP contribution >= 0.6 is 24.0 Å². The number of rotatable bonds is 3. The Hall–Kier alpha value is -1.63. The summed E-state index contributed by atoms with van der Waals surface area (Å²) < 4.78 is 1.71. The first kappa shape index (κ1) is 21.1. The molecule has 2 aliphatic heterocycles. The van der Waals surface area contributed by atoms with Crippen molar-refractivity contribution in [3.05, 3.63) is 40.9 Å². The highest BCUT2D eigenvalue weighted by molar-refractivity contribution is 6.32. The van der Waals surface area contributed by atoms with Crippen LogP contribution in [0.5, 0.6) is 0 Å². The van der Waals surface area contributed by atoms with Gasteiger partial charge < -0.3 is 10.2 Å². The molecule has 1 aromatic heterocycles. The van der Waals surface area contributed by atoms with Crippen molar-refractivity contribution in [2.24, 2.45) is 5.41 Å². The van der Waals surface area contributed by atoms with Crippen molar-refractivity contribution in [3.63, 3.8) is 0 Å². The topological polar surface area (TPSA) is 63.1 Å². The summed E-state index contributed by atoms with van der Waals surface area (Å²) in [5.74, 6) is 1.06. The Morgan fingerprint density at radius 2 is 1.93 bits per heavy atom. The fraction of sp³-hybridized carbons (Fsp3) is 0.550. The number of amides is 1. The Balaban J connectivity index is 0.00000225. The maximum atomic E-state index is 13.0. The number of nitrogens with zero attached hydrogens (tertiary/aromatic N) is 4. The second kappa shape index (κ2) is 8.39. The number of piperidine rings is 1. The van der Waals surface area contributed by atoms with E-state index in [1.54, 1.807) is 4.68 Å². The van der Waals surface area contributed by atoms with Crippen LogP contribution in [0.1, 0.15) is 55.5 Å². The van der Waals surface area contributed by atoms with Gasteiger partial charge in [0.2, 0.25) is 5.82 Å². The molecule has 6 nitrogen and oxygen atoms in total. The molecule has 1 N–H and O–H groups in total. The van der Waals surface area contributed by atoms with Gasteiger partial charge in [0.05, 0.1) is 10.7 Å². The lowest BCUT2D eigenvalue weighted by Crippen LogP contribution is -2.44. The van der Waals surface area contributed by atoms with Crippen molar-refractivity contribution in [1.29, 1.82) is 0 Å². The summed E-state index contributed by atoms with van der Waals surface area (Å²) >= 11 is 6.35. The summed E-state index contributed by atoms with van der Waals surface area (Å²) in [6.07, 6.45) is 3.31. The first-order valence-corrected chi connectivity index (χ1v) is 10.1. The van der Waals surface area contributed by atoms with E-state index in [9.17, 15) is 4.79 Å². The second-order valence-corrected chi connectivity index (χ2v) is 8.44. The van der Waals surface area contributed by atoms with Crippen LogP contribution in [0, 0.1) is 5.41 Å². The SMILES string of the molecule is CC(C)c1nc(C(=O)N2CCC3(CCNC3)CC2)nn1-c1ccccc1Cl.Cl. The quantitative estimate of drug-likeness (QED) is 0.817. The van der Waals surface area contributed by atoms with Crippen LogP contribution in [0.2, 0.25) is 5.02 Å². The van der Waals surface area contributed by atoms with Crippen LogP contribution in [0.15, 0.2) is 24.3 Å². The van der Waals surface area contributed by atoms with Crippen molar-refractivity contribution < 1.29 is 4.79 Å². The fourth-order valence-electron chi connectivity index (χ4n) is 4.14. The summed E-state index contributed by atoms with van der Waals surface area (Å²) in [4.78, 5) is 19.5. The van der Waals surface area contributed by atoms with E-state index < -0.39 is 0 Å². The molecule has 4 rings (SSSR count). The average molecular weight is 424 g/mol. The Labute approximate surface area is 177 Å². The van der Waals surface area contributed by atoms with Crippen LogP contribution in [0.3, 0.4) is 0 Å². The number of halogens is 2. The van der Waals surface area contributed by atoms with Gasteiger partial charge in [-0.2, -0.15) is 0 Å². The summed E-state index contributed by atoms with van der Waals surface area (Å²) in [7, 11) is 0. The Kier molecular flexibility index (Phi) is 6.32. The molecule has 0 atom stereocenters. The van der Waals surface area contributed by atoms with E-state index in [0.29, 0.717) is 10.4 Å². The number of nitrogens with one attached hydrogen (secondary N) is 1. The maximum absolute atomic E-state index is 13.0. The predicted octanol–water partition coefficient (Wildman–Crippen LogP) is 3.68. The van der Waals surface area contributed by atoms with Gasteiger partial charge in [0.15, 0.2) is 0 Å². The van der Waals surface area contributed by atoms with Crippen LogP contribution in [0.25, 0.3) is 5.69 Å². The molecule has 28 heavy (non-hydrogen) atoms.